The maximum absolute atomic E-state index is 11.9. The number of pyridine rings is 2. The van der Waals surface area contributed by atoms with Crippen molar-refractivity contribution in [3.8, 4) is 17.0 Å². The van der Waals surface area contributed by atoms with Gasteiger partial charge < -0.3 is 15.4 Å². The standard InChI is InChI=1S/C21H24N4O2/c1-6-13-7-12(2)8-14(9-13)15-10-24-21(27-5)17-18(15)23-11-16(20(22)26)19(17)25(3)4/h7-11H,6H2,1-5H3,(H2,22,26). The number of methoxy groups -OCH3 is 1. The van der Waals surface area contributed by atoms with E-state index in [4.69, 9.17) is 10.5 Å². The maximum Gasteiger partial charge on any atom is 0.252 e. The summed E-state index contributed by atoms with van der Waals surface area (Å²) in [5.41, 5.74) is 11.6. The van der Waals surface area contributed by atoms with E-state index in [0.717, 1.165) is 23.1 Å². The van der Waals surface area contributed by atoms with Crippen molar-refractivity contribution >= 4 is 22.5 Å². The minimum absolute atomic E-state index is 0.336. The van der Waals surface area contributed by atoms with Crippen LogP contribution in [-0.2, 0) is 6.42 Å². The van der Waals surface area contributed by atoms with Crippen LogP contribution in [0.3, 0.4) is 0 Å². The lowest BCUT2D eigenvalue weighted by atomic mass is 9.97. The van der Waals surface area contributed by atoms with Crippen molar-refractivity contribution in [1.82, 2.24) is 9.97 Å². The summed E-state index contributed by atoms with van der Waals surface area (Å²) in [5.74, 6) is -0.124. The lowest BCUT2D eigenvalue weighted by molar-refractivity contribution is 0.100. The molecule has 0 aliphatic carbocycles. The molecular formula is C21H24N4O2. The number of rotatable bonds is 5. The van der Waals surface area contributed by atoms with Crippen molar-refractivity contribution in [3.05, 3.63) is 47.3 Å². The molecule has 6 nitrogen and oxygen atoms in total. The average Bonchev–Trinajstić information content (AvgIpc) is 2.65. The molecule has 2 N–H and O–H groups in total. The zero-order valence-electron chi connectivity index (χ0n) is 16.3. The summed E-state index contributed by atoms with van der Waals surface area (Å²) in [6, 6.07) is 6.43. The first-order chi connectivity index (χ1) is 12.9. The molecule has 2 aromatic heterocycles. The molecule has 0 aliphatic rings. The molecule has 27 heavy (non-hydrogen) atoms. The van der Waals surface area contributed by atoms with Gasteiger partial charge in [-0.2, -0.15) is 0 Å². The molecule has 140 valence electrons. The second-order valence-electron chi connectivity index (χ2n) is 6.74. The predicted molar refractivity (Wildman–Crippen MR) is 108 cm³/mol. The maximum atomic E-state index is 11.9. The van der Waals surface area contributed by atoms with Crippen molar-refractivity contribution in [3.63, 3.8) is 0 Å². The van der Waals surface area contributed by atoms with Crippen LogP contribution < -0.4 is 15.4 Å². The molecule has 0 unspecified atom stereocenters. The van der Waals surface area contributed by atoms with Crippen LogP contribution in [-0.4, -0.2) is 37.1 Å². The van der Waals surface area contributed by atoms with Crippen molar-refractivity contribution in [2.24, 2.45) is 5.73 Å². The summed E-state index contributed by atoms with van der Waals surface area (Å²) in [5, 5.41) is 0.677. The van der Waals surface area contributed by atoms with Crippen molar-refractivity contribution in [2.45, 2.75) is 20.3 Å². The number of hydrogen-bond acceptors (Lipinski definition) is 5. The number of anilines is 1. The van der Waals surface area contributed by atoms with Gasteiger partial charge in [0.2, 0.25) is 5.88 Å². The van der Waals surface area contributed by atoms with Crippen LogP contribution in [0, 0.1) is 6.92 Å². The minimum atomic E-state index is -0.538. The summed E-state index contributed by atoms with van der Waals surface area (Å²) in [7, 11) is 5.27. The van der Waals surface area contributed by atoms with Gasteiger partial charge in [-0.05, 0) is 24.5 Å². The Kier molecular flexibility index (Phi) is 4.99. The second kappa shape index (κ2) is 7.23. The molecule has 0 radical (unpaired) electrons. The van der Waals surface area contributed by atoms with Crippen molar-refractivity contribution in [1.29, 1.82) is 0 Å². The van der Waals surface area contributed by atoms with Crippen LogP contribution in [0.5, 0.6) is 5.88 Å². The number of carbonyl (C=O) groups excluding carboxylic acids is 1. The fraction of sp³-hybridized carbons (Fsp3) is 0.286. The third-order valence-corrected chi connectivity index (χ3v) is 4.59. The molecule has 0 bridgehead atoms. The zero-order valence-corrected chi connectivity index (χ0v) is 16.3. The molecule has 6 heteroatoms. The van der Waals surface area contributed by atoms with Gasteiger partial charge in [-0.3, -0.25) is 9.78 Å². The van der Waals surface area contributed by atoms with Crippen molar-refractivity contribution in [2.75, 3.05) is 26.1 Å². The number of carbonyl (C=O) groups is 1. The molecule has 0 saturated carbocycles. The van der Waals surface area contributed by atoms with E-state index in [-0.39, 0.29) is 0 Å². The number of hydrogen-bond donors (Lipinski definition) is 1. The summed E-state index contributed by atoms with van der Waals surface area (Å²) in [6.45, 7) is 4.20. The first-order valence-corrected chi connectivity index (χ1v) is 8.81. The van der Waals surface area contributed by atoms with Crippen molar-refractivity contribution < 1.29 is 9.53 Å². The molecule has 0 saturated heterocycles. The van der Waals surface area contributed by atoms with Gasteiger partial charge in [0.1, 0.15) is 0 Å². The van der Waals surface area contributed by atoms with E-state index in [2.05, 4.69) is 42.0 Å². The summed E-state index contributed by atoms with van der Waals surface area (Å²) in [4.78, 5) is 22.8. The highest BCUT2D eigenvalue weighted by Crippen LogP contribution is 2.39. The van der Waals surface area contributed by atoms with E-state index >= 15 is 0 Å². The number of benzene rings is 1. The third kappa shape index (κ3) is 3.30. The highest BCUT2D eigenvalue weighted by atomic mass is 16.5. The third-order valence-electron chi connectivity index (χ3n) is 4.59. The molecule has 2 heterocycles. The summed E-state index contributed by atoms with van der Waals surface area (Å²) >= 11 is 0. The van der Waals surface area contributed by atoms with Gasteiger partial charge in [0, 0.05) is 32.1 Å². The Morgan fingerprint density at radius 2 is 1.93 bits per heavy atom. The Labute approximate surface area is 159 Å². The first-order valence-electron chi connectivity index (χ1n) is 8.81. The van der Waals surface area contributed by atoms with E-state index in [0.29, 0.717) is 22.5 Å². The number of aromatic nitrogens is 2. The molecular weight excluding hydrogens is 340 g/mol. The van der Waals surface area contributed by atoms with Gasteiger partial charge in [-0.1, -0.05) is 30.7 Å². The largest absolute Gasteiger partial charge is 0.480 e. The Morgan fingerprint density at radius 1 is 1.19 bits per heavy atom. The SMILES string of the molecule is CCc1cc(C)cc(-c2cnc(OC)c3c(N(C)C)c(C(N)=O)cnc23)c1. The molecule has 1 amide bonds. The van der Waals surface area contributed by atoms with Crippen LogP contribution in [0.2, 0.25) is 0 Å². The highest BCUT2D eigenvalue weighted by molar-refractivity contribution is 6.11. The number of fused-ring (bicyclic) bond motifs is 1. The molecule has 0 fully saturated rings. The highest BCUT2D eigenvalue weighted by Gasteiger charge is 2.21. The average molecular weight is 364 g/mol. The summed E-state index contributed by atoms with van der Waals surface area (Å²) < 4.78 is 5.48. The monoisotopic (exact) mass is 364 g/mol. The predicted octanol–water partition coefficient (Wildman–Crippen LogP) is 3.34. The molecule has 0 aliphatic heterocycles. The van der Waals surface area contributed by atoms with E-state index < -0.39 is 5.91 Å². The van der Waals surface area contributed by atoms with Crippen LogP contribution in [0.4, 0.5) is 5.69 Å². The van der Waals surface area contributed by atoms with E-state index in [1.807, 2.05) is 19.0 Å². The topological polar surface area (TPSA) is 81.3 Å². The van der Waals surface area contributed by atoms with Gasteiger partial charge >= 0.3 is 0 Å². The first kappa shape index (κ1) is 18.6. The Hall–Kier alpha value is -3.15. The van der Waals surface area contributed by atoms with Crippen LogP contribution in [0.25, 0.3) is 22.0 Å². The van der Waals surface area contributed by atoms with Gasteiger partial charge in [0.25, 0.3) is 5.91 Å². The van der Waals surface area contributed by atoms with E-state index in [1.165, 1.54) is 17.3 Å². The van der Waals surface area contributed by atoms with E-state index in [1.54, 1.807) is 13.3 Å². The molecule has 0 spiro atoms. The number of aryl methyl sites for hydroxylation is 2. The lowest BCUT2D eigenvalue weighted by Gasteiger charge is -2.20. The van der Waals surface area contributed by atoms with Crippen LogP contribution >= 0.6 is 0 Å². The van der Waals surface area contributed by atoms with Crippen LogP contribution in [0.1, 0.15) is 28.4 Å². The lowest BCUT2D eigenvalue weighted by Crippen LogP contribution is -2.20. The molecule has 3 aromatic rings. The molecule has 0 atom stereocenters. The minimum Gasteiger partial charge on any atom is -0.480 e. The number of nitrogens with zero attached hydrogens (tertiary/aromatic N) is 3. The Balaban J connectivity index is 2.43. The summed E-state index contributed by atoms with van der Waals surface area (Å²) in [6.07, 6.45) is 4.24. The normalized spacial score (nSPS) is 10.9. The number of primary amides is 1. The fourth-order valence-corrected chi connectivity index (χ4v) is 3.39. The van der Waals surface area contributed by atoms with Gasteiger partial charge in [-0.25, -0.2) is 4.98 Å². The van der Waals surface area contributed by atoms with Gasteiger partial charge in [0.05, 0.1) is 29.3 Å². The number of ether oxygens (including phenoxy) is 1. The van der Waals surface area contributed by atoms with Crippen LogP contribution in [0.15, 0.2) is 30.6 Å². The Bertz CT molecular complexity index is 1030. The second-order valence-corrected chi connectivity index (χ2v) is 6.74. The zero-order chi connectivity index (χ0) is 19.7. The number of nitrogens with two attached hydrogens (primary N) is 1. The van der Waals surface area contributed by atoms with E-state index in [9.17, 15) is 4.79 Å². The molecule has 3 rings (SSSR count). The molecule has 1 aromatic carbocycles. The Morgan fingerprint density at radius 3 is 2.52 bits per heavy atom. The van der Waals surface area contributed by atoms with Gasteiger partial charge in [0.15, 0.2) is 0 Å². The smallest absolute Gasteiger partial charge is 0.252 e. The van der Waals surface area contributed by atoms with Gasteiger partial charge in [-0.15, -0.1) is 0 Å². The quantitative estimate of drug-likeness (QED) is 0.751. The number of amides is 1. The fourth-order valence-electron chi connectivity index (χ4n) is 3.39.